The van der Waals surface area contributed by atoms with Crippen LogP contribution in [0.4, 0.5) is 0 Å². The Morgan fingerprint density at radius 1 is 0.129 bits per heavy atom. The summed E-state index contributed by atoms with van der Waals surface area (Å²) in [7, 11) is 0. The molecule has 21 heterocycles. The Morgan fingerprint density at radius 3 is 0.329 bits per heavy atom. The second kappa shape index (κ2) is 22.2. The van der Waals surface area contributed by atoms with Crippen LogP contribution in [-0.4, -0.2) is 129 Å². The second-order valence-electron chi connectivity index (χ2n) is 24.7. The minimum Gasteiger partial charge on any atom is -0.347 e. The third-order valence-corrected chi connectivity index (χ3v) is 20.2. The van der Waals surface area contributed by atoms with Gasteiger partial charge in [-0.15, -0.1) is 0 Å². The van der Waals surface area contributed by atoms with Crippen molar-refractivity contribution in [1.29, 1.82) is 0 Å². The van der Waals surface area contributed by atoms with Gasteiger partial charge in [0.25, 0.3) is 0 Å². The molecule has 21 aliphatic rings. The zero-order chi connectivity index (χ0) is 51.1. The van der Waals surface area contributed by atoms with Gasteiger partial charge in [-0.2, -0.15) is 0 Å². The molecule has 406 valence electrons. The molecule has 0 saturated carbocycles. The van der Waals surface area contributed by atoms with Gasteiger partial charge in [0.1, 0.15) is 0 Å². The van der Waals surface area contributed by atoms with Crippen molar-refractivity contribution in [2.45, 2.75) is 275 Å². The molecule has 14 heteroatoms. The molecule has 21 aliphatic heterocycles. The largest absolute Gasteiger partial charge is 0.347 e. The molecule has 0 amide bonds. The van der Waals surface area contributed by atoms with Gasteiger partial charge < -0.3 is 66.3 Å². The first-order valence-corrected chi connectivity index (χ1v) is 28.1. The lowest BCUT2D eigenvalue weighted by atomic mass is 9.81. The number of ether oxygens (including phenoxy) is 14. The molecule has 0 aromatic carbocycles. The van der Waals surface area contributed by atoms with E-state index in [1.165, 1.54) is 0 Å². The molecular formula is C56H98O14. The van der Waals surface area contributed by atoms with Crippen LogP contribution < -0.4 is 0 Å². The van der Waals surface area contributed by atoms with Gasteiger partial charge in [0.2, 0.25) is 0 Å². The molecule has 14 unspecified atom stereocenters. The summed E-state index contributed by atoms with van der Waals surface area (Å²) in [6, 6.07) is 0. The molecule has 0 aromatic heterocycles. The summed E-state index contributed by atoms with van der Waals surface area (Å²) in [4.78, 5) is 0. The first-order chi connectivity index (χ1) is 32.9. The molecule has 0 spiro atoms. The molecule has 21 saturated heterocycles. The second-order valence-corrected chi connectivity index (χ2v) is 24.7. The third kappa shape index (κ3) is 10.6. The molecule has 0 N–H and O–H groups in total. The quantitative estimate of drug-likeness (QED) is 0.228. The highest BCUT2D eigenvalue weighted by Gasteiger charge is 2.54. The van der Waals surface area contributed by atoms with E-state index in [-0.39, 0.29) is 168 Å². The Labute approximate surface area is 422 Å². The van der Waals surface area contributed by atoms with Crippen LogP contribution >= 0.6 is 0 Å². The molecule has 0 aromatic rings. The number of hydrogen-bond donors (Lipinski definition) is 0. The summed E-state index contributed by atoms with van der Waals surface area (Å²) in [5.74, 6) is 1.37. The summed E-state index contributed by atoms with van der Waals surface area (Å²) >= 11 is 0. The van der Waals surface area contributed by atoms with E-state index < -0.39 is 44.0 Å². The van der Waals surface area contributed by atoms with Crippen LogP contribution in [0.3, 0.4) is 0 Å². The van der Waals surface area contributed by atoms with Crippen molar-refractivity contribution in [3.63, 3.8) is 0 Å². The highest BCUT2D eigenvalue weighted by atomic mass is 16.8. The Bertz CT molecular complexity index is 1360. The van der Waals surface area contributed by atoms with Crippen molar-refractivity contribution in [2.75, 3.05) is 0 Å². The van der Waals surface area contributed by atoms with E-state index in [0.717, 1.165) is 0 Å². The van der Waals surface area contributed by atoms with Gasteiger partial charge in [0.15, 0.2) is 44.0 Å². The van der Waals surface area contributed by atoms with E-state index in [9.17, 15) is 0 Å². The highest BCUT2D eigenvalue weighted by molar-refractivity contribution is 4.96. The molecule has 14 nitrogen and oxygen atoms in total. The van der Waals surface area contributed by atoms with Gasteiger partial charge in [0, 0.05) is 41.4 Å². The lowest BCUT2D eigenvalue weighted by molar-refractivity contribution is -0.364. The predicted octanol–water partition coefficient (Wildman–Crippen LogP) is 9.82. The molecule has 35 atom stereocenters. The molecule has 14 bridgehead atoms. The maximum absolute atomic E-state index is 6.97. The molecule has 21 fully saturated rings. The van der Waals surface area contributed by atoms with E-state index in [2.05, 4.69) is 145 Å². The van der Waals surface area contributed by atoms with E-state index in [1.54, 1.807) is 0 Å². The van der Waals surface area contributed by atoms with E-state index in [4.69, 9.17) is 66.3 Å². The lowest BCUT2D eigenvalue weighted by Crippen LogP contribution is -2.59. The monoisotopic (exact) mass is 995 g/mol. The molecule has 0 aliphatic carbocycles. The van der Waals surface area contributed by atoms with E-state index in [0.29, 0.717) is 0 Å². The summed E-state index contributed by atoms with van der Waals surface area (Å²) < 4.78 is 96.1. The molecule has 21 rings (SSSR count). The number of hydrogen-bond acceptors (Lipinski definition) is 14. The van der Waals surface area contributed by atoms with Crippen LogP contribution in [0.1, 0.15) is 145 Å². The fourth-order valence-electron chi connectivity index (χ4n) is 13.5. The van der Waals surface area contributed by atoms with E-state index in [1.807, 2.05) is 0 Å². The van der Waals surface area contributed by atoms with Crippen LogP contribution in [-0.2, 0) is 66.3 Å². The number of rotatable bonds is 0. The average Bonchev–Trinajstić information content (AvgIpc) is 3.31. The first-order valence-electron chi connectivity index (χ1n) is 28.1. The summed E-state index contributed by atoms with van der Waals surface area (Å²) in [6.07, 6.45) is -5.78. The van der Waals surface area contributed by atoms with Crippen molar-refractivity contribution in [1.82, 2.24) is 0 Å². The van der Waals surface area contributed by atoms with Gasteiger partial charge >= 0.3 is 0 Å². The normalized spacial score (nSPS) is 59.7. The van der Waals surface area contributed by atoms with Crippen LogP contribution in [0.5, 0.6) is 0 Å². The van der Waals surface area contributed by atoms with Crippen molar-refractivity contribution in [3.8, 4) is 0 Å². The van der Waals surface area contributed by atoms with E-state index >= 15 is 0 Å². The summed E-state index contributed by atoms with van der Waals surface area (Å²) in [5.41, 5.74) is 0. The van der Waals surface area contributed by atoms with Crippen LogP contribution in [0.25, 0.3) is 0 Å². The Hall–Kier alpha value is -0.560. The van der Waals surface area contributed by atoms with Crippen molar-refractivity contribution < 1.29 is 66.3 Å². The van der Waals surface area contributed by atoms with Gasteiger partial charge in [-0.3, -0.25) is 0 Å². The minimum absolute atomic E-state index is 0.0576. The lowest BCUT2D eigenvalue weighted by Gasteiger charge is -2.51. The van der Waals surface area contributed by atoms with Crippen molar-refractivity contribution >= 4 is 0 Å². The average molecular weight is 995 g/mol. The fraction of sp³-hybridized carbons (Fsp3) is 1.00. The Morgan fingerprint density at radius 2 is 0.229 bits per heavy atom. The summed E-state index contributed by atoms with van der Waals surface area (Å²) in [6.45, 7) is 46.0. The maximum Gasteiger partial charge on any atom is 0.161 e. The van der Waals surface area contributed by atoms with Gasteiger partial charge in [-0.1, -0.05) is 96.9 Å². The molecular weight excluding hydrogens is 897 g/mol. The standard InChI is InChI=1S/C56H98O14/c1-22-29(8)50-57-36(15)43(22)64-51-30(9)23(2)45(38(17)58-51)66-53-32(11)25(4)47(40(19)60-53)68-55-34(13)27(6)49(42(21)62-55)70-56-35(14)28(7)48(41(20)63-56)69-54-33(12)26(5)46(39(18)61-54)67-52-31(10)24(3)44(65-50)37(16)59-52/h22-56H,1-21H3/t22-,23-,24-,25-,26-,27-,28-,29?,30?,31?,32?,33?,34?,35?,36?,37?,38?,39?,40?,41?,42?,43+,44+,45+,46+,47+,48+,49+,50-,51+,52+,53+,54+,55-,56+/m1/s1. The van der Waals surface area contributed by atoms with Crippen LogP contribution in [0.2, 0.25) is 0 Å². The minimum atomic E-state index is -0.419. The zero-order valence-corrected chi connectivity index (χ0v) is 46.9. The SMILES string of the molecule is CC1[C@@H]2OC(C)[C@@H](O[C@@H]3OC(C)[C@@H](O[C@@H]4OC(C)[C@@H](O[C@H]5OC(C)[C@@H](O[C@@H]6OC(C)[C@@H](O[C@@H]7OC(C)[C@@H](O[C@@H]8OC(C)[C@@H](O2)[C@H](C)C8C)[C@H](C)C7C)[C@H](C)C6C)[C@H](C)C5C)[C@H](C)C4C)[C@H](C)C3C)[C@@H]1C. The highest BCUT2D eigenvalue weighted by Crippen LogP contribution is 2.46. The van der Waals surface area contributed by atoms with Gasteiger partial charge in [0.05, 0.1) is 85.5 Å². The predicted molar refractivity (Wildman–Crippen MR) is 263 cm³/mol. The van der Waals surface area contributed by atoms with Gasteiger partial charge in [-0.05, 0) is 89.9 Å². The maximum atomic E-state index is 6.97. The first kappa shape index (κ1) is 55.7. The Kier molecular flexibility index (Phi) is 17.6. The molecule has 0 radical (unpaired) electrons. The third-order valence-electron chi connectivity index (χ3n) is 20.2. The Balaban J connectivity index is 1.02. The van der Waals surface area contributed by atoms with Gasteiger partial charge in [-0.25, -0.2) is 0 Å². The zero-order valence-electron chi connectivity index (χ0n) is 46.9. The van der Waals surface area contributed by atoms with Crippen molar-refractivity contribution in [3.05, 3.63) is 0 Å². The smallest absolute Gasteiger partial charge is 0.161 e. The van der Waals surface area contributed by atoms with Crippen molar-refractivity contribution in [2.24, 2.45) is 82.9 Å². The fourth-order valence-corrected chi connectivity index (χ4v) is 13.5. The van der Waals surface area contributed by atoms with Crippen LogP contribution in [0.15, 0.2) is 0 Å². The summed E-state index contributed by atoms with van der Waals surface area (Å²) in [5, 5.41) is 0. The van der Waals surface area contributed by atoms with Crippen LogP contribution in [0, 0.1) is 82.9 Å². The molecule has 70 heavy (non-hydrogen) atoms. The topological polar surface area (TPSA) is 129 Å².